The molecule has 0 bridgehead atoms. The highest BCUT2D eigenvalue weighted by atomic mass is 32.2. The molecule has 2 heterocycles. The summed E-state index contributed by atoms with van der Waals surface area (Å²) in [7, 11) is -3.31. The van der Waals surface area contributed by atoms with Crippen molar-refractivity contribution in [2.45, 2.75) is 30.0 Å². The first-order valence-electron chi connectivity index (χ1n) is 5.31. The topological polar surface area (TPSA) is 63.4 Å². The Morgan fingerprint density at radius 2 is 2.31 bits per heavy atom. The number of nitrogens with two attached hydrogens (primary N) is 1. The van der Waals surface area contributed by atoms with E-state index in [2.05, 4.69) is 0 Å². The van der Waals surface area contributed by atoms with Crippen LogP contribution in [-0.2, 0) is 10.0 Å². The zero-order valence-electron chi connectivity index (χ0n) is 9.22. The zero-order chi connectivity index (χ0) is 11.8. The van der Waals surface area contributed by atoms with Gasteiger partial charge in [0.05, 0.1) is 0 Å². The number of hydrogen-bond donors (Lipinski definition) is 1. The monoisotopic (exact) mass is 260 g/mol. The number of nitrogens with zero attached hydrogens (tertiary/aromatic N) is 1. The van der Waals surface area contributed by atoms with Gasteiger partial charge in [-0.05, 0) is 36.8 Å². The van der Waals surface area contributed by atoms with Gasteiger partial charge in [0.25, 0.3) is 10.0 Å². The summed E-state index contributed by atoms with van der Waals surface area (Å²) < 4.78 is 26.6. The third kappa shape index (κ3) is 2.15. The lowest BCUT2D eigenvalue weighted by Crippen LogP contribution is -2.45. The summed E-state index contributed by atoms with van der Waals surface area (Å²) in [6.45, 7) is 2.86. The quantitative estimate of drug-likeness (QED) is 0.868. The predicted octanol–water partition coefficient (Wildman–Crippen LogP) is 1.17. The first-order valence-corrected chi connectivity index (χ1v) is 7.63. The second-order valence-corrected chi connectivity index (χ2v) is 7.21. The van der Waals surface area contributed by atoms with Crippen LogP contribution in [0.5, 0.6) is 0 Å². The fraction of sp³-hybridized carbons (Fsp3) is 0.600. The number of thiophene rings is 1. The van der Waals surface area contributed by atoms with Crippen molar-refractivity contribution < 1.29 is 8.42 Å². The minimum atomic E-state index is -3.31. The average molecular weight is 260 g/mol. The van der Waals surface area contributed by atoms with Gasteiger partial charge in [0, 0.05) is 19.1 Å². The van der Waals surface area contributed by atoms with E-state index in [1.165, 1.54) is 15.6 Å². The van der Waals surface area contributed by atoms with Gasteiger partial charge >= 0.3 is 0 Å². The molecular formula is C10H16N2O2S2. The fourth-order valence-corrected chi connectivity index (χ4v) is 5.02. The summed E-state index contributed by atoms with van der Waals surface area (Å²) in [5.41, 5.74) is 6.63. The van der Waals surface area contributed by atoms with Crippen molar-refractivity contribution in [2.24, 2.45) is 5.73 Å². The summed E-state index contributed by atoms with van der Waals surface area (Å²) in [4.78, 5) is 0. The molecule has 4 nitrogen and oxygen atoms in total. The van der Waals surface area contributed by atoms with Crippen LogP contribution >= 0.6 is 11.3 Å². The lowest BCUT2D eigenvalue weighted by molar-refractivity contribution is 0.316. The number of hydrogen-bond acceptors (Lipinski definition) is 4. The van der Waals surface area contributed by atoms with E-state index < -0.39 is 10.0 Å². The molecule has 1 unspecified atom stereocenters. The number of aryl methyl sites for hydroxylation is 1. The van der Waals surface area contributed by atoms with Gasteiger partial charge in [0.2, 0.25) is 0 Å². The van der Waals surface area contributed by atoms with E-state index in [9.17, 15) is 8.42 Å². The highest BCUT2D eigenvalue weighted by Gasteiger charge is 2.30. The minimum Gasteiger partial charge on any atom is -0.327 e. The van der Waals surface area contributed by atoms with Crippen LogP contribution < -0.4 is 5.73 Å². The number of piperidine rings is 1. The van der Waals surface area contributed by atoms with Crippen LogP contribution in [0.1, 0.15) is 18.4 Å². The van der Waals surface area contributed by atoms with Crippen molar-refractivity contribution in [2.75, 3.05) is 13.1 Å². The van der Waals surface area contributed by atoms with Crippen LogP contribution in [0.25, 0.3) is 0 Å². The Bertz CT molecular complexity index is 467. The minimum absolute atomic E-state index is 0.0243. The molecule has 6 heteroatoms. The third-order valence-electron chi connectivity index (χ3n) is 2.81. The molecule has 0 radical (unpaired) electrons. The Balaban J connectivity index is 2.29. The first kappa shape index (κ1) is 12.0. The molecule has 1 aliphatic heterocycles. The molecule has 0 saturated carbocycles. The molecule has 2 rings (SSSR count). The first-order chi connectivity index (χ1) is 7.51. The summed E-state index contributed by atoms with van der Waals surface area (Å²) in [5, 5.41) is 1.81. The number of sulfonamides is 1. The van der Waals surface area contributed by atoms with Crippen LogP contribution in [0.2, 0.25) is 0 Å². The summed E-state index contributed by atoms with van der Waals surface area (Å²) >= 11 is 1.28. The van der Waals surface area contributed by atoms with Gasteiger partial charge < -0.3 is 5.73 Å². The van der Waals surface area contributed by atoms with Gasteiger partial charge in [-0.25, -0.2) is 8.42 Å². The van der Waals surface area contributed by atoms with Crippen molar-refractivity contribution in [1.29, 1.82) is 0 Å². The Morgan fingerprint density at radius 3 is 2.88 bits per heavy atom. The summed E-state index contributed by atoms with van der Waals surface area (Å²) in [5.74, 6) is 0. The summed E-state index contributed by atoms with van der Waals surface area (Å²) in [6, 6.07) is 1.81. The van der Waals surface area contributed by atoms with E-state index in [1.807, 2.05) is 18.4 Å². The molecule has 16 heavy (non-hydrogen) atoms. The van der Waals surface area contributed by atoms with E-state index >= 15 is 0 Å². The van der Waals surface area contributed by atoms with Crippen molar-refractivity contribution in [1.82, 2.24) is 4.31 Å². The van der Waals surface area contributed by atoms with E-state index in [-0.39, 0.29) is 6.04 Å². The molecule has 1 aliphatic rings. The van der Waals surface area contributed by atoms with Gasteiger partial charge in [-0.3, -0.25) is 0 Å². The van der Waals surface area contributed by atoms with Crippen molar-refractivity contribution in [3.05, 3.63) is 17.0 Å². The van der Waals surface area contributed by atoms with Crippen LogP contribution in [0, 0.1) is 6.92 Å². The molecule has 1 saturated heterocycles. The largest absolute Gasteiger partial charge is 0.327 e. The predicted molar refractivity (Wildman–Crippen MR) is 65.0 cm³/mol. The molecule has 0 spiro atoms. The smallest absolute Gasteiger partial charge is 0.252 e. The van der Waals surface area contributed by atoms with Crippen molar-refractivity contribution in [3.8, 4) is 0 Å². The molecule has 1 atom stereocenters. The molecule has 0 aliphatic carbocycles. The second kappa shape index (κ2) is 4.44. The Kier molecular flexibility index (Phi) is 3.34. The molecule has 1 aromatic heterocycles. The second-order valence-electron chi connectivity index (χ2n) is 4.16. The normalized spacial score (nSPS) is 23.5. The van der Waals surface area contributed by atoms with Gasteiger partial charge in [-0.1, -0.05) is 0 Å². The number of rotatable bonds is 2. The van der Waals surface area contributed by atoms with Crippen LogP contribution in [0.15, 0.2) is 15.7 Å². The van der Waals surface area contributed by atoms with Crippen LogP contribution in [0.3, 0.4) is 0 Å². The van der Waals surface area contributed by atoms with Crippen molar-refractivity contribution in [3.63, 3.8) is 0 Å². The third-order valence-corrected chi connectivity index (χ3v) is 6.34. The Hall–Kier alpha value is -0.430. The highest BCUT2D eigenvalue weighted by molar-refractivity contribution is 7.91. The Morgan fingerprint density at radius 1 is 1.56 bits per heavy atom. The molecule has 1 aromatic rings. The van der Waals surface area contributed by atoms with E-state index in [1.54, 1.807) is 0 Å². The molecule has 90 valence electrons. The van der Waals surface area contributed by atoms with Gasteiger partial charge in [0.15, 0.2) is 0 Å². The zero-order valence-corrected chi connectivity index (χ0v) is 10.9. The van der Waals surface area contributed by atoms with Gasteiger partial charge in [-0.2, -0.15) is 4.31 Å². The molecule has 0 amide bonds. The van der Waals surface area contributed by atoms with Gasteiger partial charge in [-0.15, -0.1) is 11.3 Å². The Labute approximate surface area is 100 Å². The molecule has 1 fully saturated rings. The van der Waals surface area contributed by atoms with E-state index in [0.29, 0.717) is 17.3 Å². The molecule has 2 N–H and O–H groups in total. The van der Waals surface area contributed by atoms with Crippen LogP contribution in [0.4, 0.5) is 0 Å². The standard InChI is InChI=1S/C10H16N2O2S2/c1-8-4-6-15-10(8)16(13,14)12-5-2-3-9(11)7-12/h4,6,9H,2-3,5,7,11H2,1H3. The van der Waals surface area contributed by atoms with Gasteiger partial charge in [0.1, 0.15) is 4.21 Å². The molecule has 0 aromatic carbocycles. The van der Waals surface area contributed by atoms with E-state index in [0.717, 1.165) is 18.4 Å². The summed E-state index contributed by atoms with van der Waals surface area (Å²) in [6.07, 6.45) is 1.76. The maximum atomic E-state index is 12.3. The average Bonchev–Trinajstić information content (AvgIpc) is 2.65. The van der Waals surface area contributed by atoms with E-state index in [4.69, 9.17) is 5.73 Å². The van der Waals surface area contributed by atoms with Crippen molar-refractivity contribution >= 4 is 21.4 Å². The maximum absolute atomic E-state index is 12.3. The fourth-order valence-electron chi connectivity index (χ4n) is 1.93. The maximum Gasteiger partial charge on any atom is 0.252 e. The highest BCUT2D eigenvalue weighted by Crippen LogP contribution is 2.27. The lowest BCUT2D eigenvalue weighted by atomic mass is 10.1. The molecular weight excluding hydrogens is 244 g/mol. The lowest BCUT2D eigenvalue weighted by Gasteiger charge is -2.29. The SMILES string of the molecule is Cc1ccsc1S(=O)(=O)N1CCCC(N)C1. The van der Waals surface area contributed by atoms with Crippen LogP contribution in [-0.4, -0.2) is 31.9 Å².